The van der Waals surface area contributed by atoms with Crippen molar-refractivity contribution < 1.29 is 14.9 Å². The predicted octanol–water partition coefficient (Wildman–Crippen LogP) is 1.75. The van der Waals surface area contributed by atoms with Gasteiger partial charge in [0.05, 0.1) is 32.0 Å². The Morgan fingerprint density at radius 1 is 1.16 bits per heavy atom. The molecule has 0 saturated carbocycles. The fraction of sp³-hybridized carbons (Fsp3) is 0.857. The van der Waals surface area contributed by atoms with Crippen LogP contribution in [0.2, 0.25) is 0 Å². The van der Waals surface area contributed by atoms with Crippen molar-refractivity contribution in [1.29, 1.82) is 10.5 Å². The van der Waals surface area contributed by atoms with Crippen LogP contribution in [0.4, 0.5) is 0 Å². The van der Waals surface area contributed by atoms with Gasteiger partial charge in [0, 0.05) is 12.8 Å². The topological polar surface area (TPSA) is 97.3 Å². The first-order chi connectivity index (χ1) is 9.14. The van der Waals surface area contributed by atoms with Gasteiger partial charge in [0.25, 0.3) is 0 Å². The lowest BCUT2D eigenvalue weighted by molar-refractivity contribution is -0.0322. The highest BCUT2D eigenvalue weighted by Gasteiger charge is 2.29. The Labute approximate surface area is 115 Å². The minimum atomic E-state index is -0.869. The van der Waals surface area contributed by atoms with Gasteiger partial charge in [-0.1, -0.05) is 13.3 Å². The predicted molar refractivity (Wildman–Crippen MR) is 70.9 cm³/mol. The summed E-state index contributed by atoms with van der Waals surface area (Å²) < 4.78 is 5.47. The SMILES string of the molecule is CCCC(CCC#N)(CCC#N)COCC(O)CO. The van der Waals surface area contributed by atoms with Crippen molar-refractivity contribution in [2.45, 2.75) is 51.6 Å². The van der Waals surface area contributed by atoms with Crippen LogP contribution >= 0.6 is 0 Å². The zero-order valence-electron chi connectivity index (χ0n) is 11.6. The lowest BCUT2D eigenvalue weighted by Crippen LogP contribution is -2.30. The van der Waals surface area contributed by atoms with Crippen LogP contribution in [0.3, 0.4) is 0 Å². The summed E-state index contributed by atoms with van der Waals surface area (Å²) in [7, 11) is 0. The van der Waals surface area contributed by atoms with Crippen molar-refractivity contribution in [3.8, 4) is 12.1 Å². The summed E-state index contributed by atoms with van der Waals surface area (Å²) >= 11 is 0. The molecule has 108 valence electrons. The van der Waals surface area contributed by atoms with Gasteiger partial charge >= 0.3 is 0 Å². The number of hydrogen-bond acceptors (Lipinski definition) is 5. The molecule has 0 aliphatic carbocycles. The maximum absolute atomic E-state index is 9.26. The lowest BCUT2D eigenvalue weighted by Gasteiger charge is -2.32. The molecule has 1 unspecified atom stereocenters. The van der Waals surface area contributed by atoms with Crippen LogP contribution in [0.5, 0.6) is 0 Å². The molecular formula is C14H24N2O3. The molecule has 0 aromatic rings. The van der Waals surface area contributed by atoms with Crippen molar-refractivity contribution in [1.82, 2.24) is 0 Å². The number of nitriles is 2. The van der Waals surface area contributed by atoms with Crippen LogP contribution in [-0.2, 0) is 4.74 Å². The lowest BCUT2D eigenvalue weighted by atomic mass is 9.76. The van der Waals surface area contributed by atoms with E-state index in [4.69, 9.17) is 20.4 Å². The van der Waals surface area contributed by atoms with Gasteiger partial charge in [-0.25, -0.2) is 0 Å². The molecule has 19 heavy (non-hydrogen) atoms. The number of rotatable bonds is 11. The van der Waals surface area contributed by atoms with E-state index in [1.807, 2.05) is 0 Å². The first kappa shape index (κ1) is 17.9. The summed E-state index contributed by atoms with van der Waals surface area (Å²) in [6.45, 7) is 2.25. The highest BCUT2D eigenvalue weighted by molar-refractivity contribution is 4.87. The van der Waals surface area contributed by atoms with Crippen molar-refractivity contribution in [2.75, 3.05) is 19.8 Å². The molecule has 5 heteroatoms. The second kappa shape index (κ2) is 10.8. The number of aliphatic hydroxyl groups excluding tert-OH is 2. The molecule has 0 aromatic carbocycles. The Morgan fingerprint density at radius 3 is 2.16 bits per heavy atom. The molecule has 0 aromatic heterocycles. The van der Waals surface area contributed by atoms with Crippen molar-refractivity contribution >= 4 is 0 Å². The van der Waals surface area contributed by atoms with Gasteiger partial charge in [-0.3, -0.25) is 0 Å². The number of hydrogen-bond donors (Lipinski definition) is 2. The normalized spacial score (nSPS) is 12.7. The number of nitrogens with zero attached hydrogens (tertiary/aromatic N) is 2. The molecule has 5 nitrogen and oxygen atoms in total. The van der Waals surface area contributed by atoms with Crippen LogP contribution in [-0.4, -0.2) is 36.1 Å². The zero-order valence-corrected chi connectivity index (χ0v) is 11.6. The van der Waals surface area contributed by atoms with Crippen molar-refractivity contribution in [3.63, 3.8) is 0 Å². The molecular weight excluding hydrogens is 244 g/mol. The first-order valence-corrected chi connectivity index (χ1v) is 6.74. The molecule has 0 bridgehead atoms. The van der Waals surface area contributed by atoms with E-state index in [9.17, 15) is 5.11 Å². The molecule has 1 atom stereocenters. The third-order valence-electron chi connectivity index (χ3n) is 3.24. The number of aliphatic hydroxyl groups is 2. The van der Waals surface area contributed by atoms with Gasteiger partial charge in [-0.15, -0.1) is 0 Å². The maximum atomic E-state index is 9.26. The van der Waals surface area contributed by atoms with Gasteiger partial charge in [-0.2, -0.15) is 10.5 Å². The Bertz CT molecular complexity index is 289. The quantitative estimate of drug-likeness (QED) is 0.595. The van der Waals surface area contributed by atoms with E-state index in [2.05, 4.69) is 19.1 Å². The van der Waals surface area contributed by atoms with Gasteiger partial charge in [-0.05, 0) is 24.7 Å². The minimum absolute atomic E-state index is 0.0844. The largest absolute Gasteiger partial charge is 0.394 e. The third kappa shape index (κ3) is 7.79. The maximum Gasteiger partial charge on any atom is 0.100 e. The Balaban J connectivity index is 4.50. The molecule has 0 heterocycles. The van der Waals surface area contributed by atoms with E-state index in [1.165, 1.54) is 0 Å². The summed E-state index contributed by atoms with van der Waals surface area (Å²) in [5.74, 6) is 0. The third-order valence-corrected chi connectivity index (χ3v) is 3.24. The van der Waals surface area contributed by atoms with E-state index in [0.29, 0.717) is 32.3 Å². The Morgan fingerprint density at radius 2 is 1.74 bits per heavy atom. The number of ether oxygens (including phenoxy) is 1. The van der Waals surface area contributed by atoms with Gasteiger partial charge in [0.1, 0.15) is 6.10 Å². The van der Waals surface area contributed by atoms with Gasteiger partial charge in [0.2, 0.25) is 0 Å². The first-order valence-electron chi connectivity index (χ1n) is 6.74. The van der Waals surface area contributed by atoms with Crippen molar-refractivity contribution in [2.24, 2.45) is 5.41 Å². The minimum Gasteiger partial charge on any atom is -0.394 e. The van der Waals surface area contributed by atoms with E-state index >= 15 is 0 Å². The fourth-order valence-corrected chi connectivity index (χ4v) is 2.23. The average molecular weight is 268 g/mol. The highest BCUT2D eigenvalue weighted by atomic mass is 16.5. The molecule has 2 N–H and O–H groups in total. The fourth-order valence-electron chi connectivity index (χ4n) is 2.23. The highest BCUT2D eigenvalue weighted by Crippen LogP contribution is 2.35. The Kier molecular flexibility index (Phi) is 10.1. The monoisotopic (exact) mass is 268 g/mol. The zero-order chi connectivity index (χ0) is 14.6. The second-order valence-corrected chi connectivity index (χ2v) is 4.92. The average Bonchev–Trinajstić information content (AvgIpc) is 2.42. The second-order valence-electron chi connectivity index (χ2n) is 4.92. The summed E-state index contributed by atoms with van der Waals surface area (Å²) in [5.41, 5.74) is -0.171. The molecule has 0 rings (SSSR count). The summed E-state index contributed by atoms with van der Waals surface area (Å²) in [6, 6.07) is 4.28. The van der Waals surface area contributed by atoms with Crippen LogP contribution in [0.15, 0.2) is 0 Å². The molecule has 0 spiro atoms. The van der Waals surface area contributed by atoms with Gasteiger partial charge in [0.15, 0.2) is 0 Å². The smallest absolute Gasteiger partial charge is 0.100 e. The van der Waals surface area contributed by atoms with E-state index in [-0.39, 0.29) is 18.6 Å². The summed E-state index contributed by atoms with van der Waals surface area (Å²) in [6.07, 6.45) is 3.28. The molecule has 0 aliphatic heterocycles. The Hall–Kier alpha value is -1.14. The molecule has 0 amide bonds. The molecule has 0 aliphatic rings. The van der Waals surface area contributed by atoms with Crippen LogP contribution < -0.4 is 0 Å². The molecule has 0 radical (unpaired) electrons. The van der Waals surface area contributed by atoms with Crippen LogP contribution in [0.1, 0.15) is 45.4 Å². The van der Waals surface area contributed by atoms with E-state index < -0.39 is 6.10 Å². The van der Waals surface area contributed by atoms with Crippen molar-refractivity contribution in [3.05, 3.63) is 0 Å². The standard InChI is InChI=1S/C14H24N2O3/c1-2-5-14(6-3-8-15,7-4-9-16)12-19-11-13(18)10-17/h13,17-18H,2-7,10-12H2,1H3. The van der Waals surface area contributed by atoms with Crippen LogP contribution in [0.25, 0.3) is 0 Å². The van der Waals surface area contributed by atoms with Gasteiger partial charge < -0.3 is 14.9 Å². The molecule has 0 fully saturated rings. The summed E-state index contributed by atoms with van der Waals surface area (Å²) in [5, 5.41) is 35.5. The van der Waals surface area contributed by atoms with E-state index in [1.54, 1.807) is 0 Å². The van der Waals surface area contributed by atoms with E-state index in [0.717, 1.165) is 12.8 Å². The summed E-state index contributed by atoms with van der Waals surface area (Å²) in [4.78, 5) is 0. The molecule has 0 saturated heterocycles. The van der Waals surface area contributed by atoms with Crippen LogP contribution in [0, 0.1) is 28.1 Å².